The molecule has 0 aliphatic heterocycles. The highest BCUT2D eigenvalue weighted by atomic mass is 35.5. The molecular weight excluding hydrogens is 299 g/mol. The highest BCUT2D eigenvalue weighted by Crippen LogP contribution is 2.25. The Balaban J connectivity index is 1.87. The van der Waals surface area contributed by atoms with Crippen LogP contribution < -0.4 is 0 Å². The van der Waals surface area contributed by atoms with Crippen LogP contribution in [0.3, 0.4) is 0 Å². The quantitative estimate of drug-likeness (QED) is 0.765. The van der Waals surface area contributed by atoms with Crippen LogP contribution >= 0.6 is 23.2 Å². The van der Waals surface area contributed by atoms with Crippen molar-refractivity contribution in [1.29, 1.82) is 0 Å². The second-order valence-electron chi connectivity index (χ2n) is 5.01. The normalized spacial score (nSPS) is 22.8. The third-order valence-electron chi connectivity index (χ3n) is 3.60. The second kappa shape index (κ2) is 7.41. The van der Waals surface area contributed by atoms with Gasteiger partial charge in [0.2, 0.25) is 0 Å². The number of carbonyl (C=O) groups is 1. The topological polar surface area (TPSA) is 35.5 Å². The number of benzene rings is 1. The highest BCUT2D eigenvalue weighted by molar-refractivity contribution is 6.42. The van der Waals surface area contributed by atoms with Crippen molar-refractivity contribution in [3.63, 3.8) is 0 Å². The van der Waals surface area contributed by atoms with E-state index in [4.69, 9.17) is 32.7 Å². The average molecular weight is 317 g/mol. The number of ketones is 1. The first-order valence-electron chi connectivity index (χ1n) is 6.72. The molecule has 0 saturated heterocycles. The molecule has 2 atom stereocenters. The van der Waals surface area contributed by atoms with E-state index in [-0.39, 0.29) is 24.6 Å². The molecule has 0 spiro atoms. The van der Waals surface area contributed by atoms with E-state index in [1.54, 1.807) is 25.3 Å². The van der Waals surface area contributed by atoms with Gasteiger partial charge >= 0.3 is 0 Å². The van der Waals surface area contributed by atoms with E-state index in [9.17, 15) is 4.79 Å². The fraction of sp³-hybridized carbons (Fsp3) is 0.533. The fourth-order valence-electron chi connectivity index (χ4n) is 2.41. The molecule has 3 nitrogen and oxygen atoms in total. The van der Waals surface area contributed by atoms with Gasteiger partial charge in [-0.3, -0.25) is 4.79 Å². The molecule has 1 aromatic carbocycles. The summed E-state index contributed by atoms with van der Waals surface area (Å²) in [7, 11) is 1.72. The van der Waals surface area contributed by atoms with Gasteiger partial charge in [-0.15, -0.1) is 0 Å². The Kier molecular flexibility index (Phi) is 5.85. The van der Waals surface area contributed by atoms with E-state index in [1.807, 2.05) is 0 Å². The number of carbonyl (C=O) groups excluding carboxylic acids is 1. The van der Waals surface area contributed by atoms with Crippen LogP contribution in [-0.4, -0.2) is 31.7 Å². The van der Waals surface area contributed by atoms with E-state index in [1.165, 1.54) is 0 Å². The number of halogens is 2. The van der Waals surface area contributed by atoms with Gasteiger partial charge in [0, 0.05) is 12.7 Å². The molecule has 0 aromatic heterocycles. The van der Waals surface area contributed by atoms with Crippen molar-refractivity contribution in [2.75, 3.05) is 13.7 Å². The Morgan fingerprint density at radius 1 is 1.25 bits per heavy atom. The molecule has 0 amide bonds. The van der Waals surface area contributed by atoms with Crippen LogP contribution in [-0.2, 0) is 9.47 Å². The molecule has 0 heterocycles. The molecule has 0 N–H and O–H groups in total. The fourth-order valence-corrected chi connectivity index (χ4v) is 2.71. The van der Waals surface area contributed by atoms with Gasteiger partial charge < -0.3 is 9.47 Å². The standard InChI is InChI=1S/C15H18Cl2O3/c1-19-11-3-2-4-12(8-11)20-9-15(18)10-5-6-13(16)14(17)7-10/h5-7,11-12H,2-4,8-9H2,1H3. The van der Waals surface area contributed by atoms with E-state index in [2.05, 4.69) is 0 Å². The van der Waals surface area contributed by atoms with Crippen LogP contribution in [0.1, 0.15) is 36.0 Å². The SMILES string of the molecule is COC1CCCC(OCC(=O)c2ccc(Cl)c(Cl)c2)C1. The van der Waals surface area contributed by atoms with Gasteiger partial charge in [0.05, 0.1) is 22.3 Å². The maximum absolute atomic E-state index is 12.0. The van der Waals surface area contributed by atoms with Gasteiger partial charge in [0.15, 0.2) is 5.78 Å². The first-order chi connectivity index (χ1) is 9.60. The molecule has 1 aromatic rings. The average Bonchev–Trinajstić information content (AvgIpc) is 2.47. The third kappa shape index (κ3) is 4.19. The van der Waals surface area contributed by atoms with E-state index in [0.29, 0.717) is 15.6 Å². The van der Waals surface area contributed by atoms with Crippen LogP contribution in [0.15, 0.2) is 18.2 Å². The van der Waals surface area contributed by atoms with Gasteiger partial charge in [-0.1, -0.05) is 23.2 Å². The highest BCUT2D eigenvalue weighted by Gasteiger charge is 2.23. The summed E-state index contributed by atoms with van der Waals surface area (Å²) in [4.78, 5) is 12.0. The molecule has 2 rings (SSSR count). The Labute approximate surface area is 129 Å². The zero-order valence-corrected chi connectivity index (χ0v) is 12.9. The molecule has 20 heavy (non-hydrogen) atoms. The van der Waals surface area contributed by atoms with Gasteiger partial charge in [-0.25, -0.2) is 0 Å². The predicted molar refractivity (Wildman–Crippen MR) is 79.8 cm³/mol. The lowest BCUT2D eigenvalue weighted by Gasteiger charge is -2.27. The molecule has 1 aliphatic rings. The molecule has 110 valence electrons. The molecule has 2 unspecified atom stereocenters. The second-order valence-corrected chi connectivity index (χ2v) is 5.82. The molecule has 5 heteroatoms. The Hall–Kier alpha value is -0.610. The minimum atomic E-state index is -0.0805. The lowest BCUT2D eigenvalue weighted by Crippen LogP contribution is -2.29. The minimum absolute atomic E-state index is 0.0685. The van der Waals surface area contributed by atoms with Crippen LogP contribution in [0, 0.1) is 0 Å². The lowest BCUT2D eigenvalue weighted by molar-refractivity contribution is -0.0243. The van der Waals surface area contributed by atoms with E-state index in [0.717, 1.165) is 25.7 Å². The zero-order valence-electron chi connectivity index (χ0n) is 11.4. The zero-order chi connectivity index (χ0) is 14.5. The maximum Gasteiger partial charge on any atom is 0.188 e. The molecule has 1 aliphatic carbocycles. The molecular formula is C15H18Cl2O3. The van der Waals surface area contributed by atoms with E-state index < -0.39 is 0 Å². The summed E-state index contributed by atoms with van der Waals surface area (Å²) in [6.07, 6.45) is 4.32. The predicted octanol–water partition coefficient (Wildman–Crippen LogP) is 4.15. The summed E-state index contributed by atoms with van der Waals surface area (Å²) >= 11 is 11.7. The summed E-state index contributed by atoms with van der Waals surface area (Å²) in [6, 6.07) is 4.87. The van der Waals surface area contributed by atoms with Crippen molar-refractivity contribution in [1.82, 2.24) is 0 Å². The molecule has 0 radical (unpaired) electrons. The van der Waals surface area contributed by atoms with Crippen LogP contribution in [0.5, 0.6) is 0 Å². The largest absolute Gasteiger partial charge is 0.381 e. The Bertz CT molecular complexity index is 476. The summed E-state index contributed by atoms with van der Waals surface area (Å²) in [6.45, 7) is 0.0685. The number of methoxy groups -OCH3 is 1. The molecule has 1 saturated carbocycles. The first kappa shape index (κ1) is 15.8. The van der Waals surface area contributed by atoms with Crippen molar-refractivity contribution in [3.8, 4) is 0 Å². The number of Topliss-reactive ketones (excluding diaryl/α,β-unsaturated/α-hetero) is 1. The Morgan fingerprint density at radius 3 is 2.70 bits per heavy atom. The Morgan fingerprint density at radius 2 is 2.00 bits per heavy atom. The number of hydrogen-bond acceptors (Lipinski definition) is 3. The number of ether oxygens (including phenoxy) is 2. The summed E-state index contributed by atoms with van der Waals surface area (Å²) < 4.78 is 11.0. The van der Waals surface area contributed by atoms with Gasteiger partial charge in [-0.2, -0.15) is 0 Å². The van der Waals surface area contributed by atoms with Crippen LogP contribution in [0.2, 0.25) is 10.0 Å². The van der Waals surface area contributed by atoms with Gasteiger partial charge in [-0.05, 0) is 43.9 Å². The van der Waals surface area contributed by atoms with Crippen molar-refractivity contribution in [2.24, 2.45) is 0 Å². The van der Waals surface area contributed by atoms with Gasteiger partial charge in [0.1, 0.15) is 6.61 Å². The maximum atomic E-state index is 12.0. The summed E-state index contributed by atoms with van der Waals surface area (Å²) in [5.41, 5.74) is 0.526. The van der Waals surface area contributed by atoms with Crippen molar-refractivity contribution >= 4 is 29.0 Å². The van der Waals surface area contributed by atoms with Gasteiger partial charge in [0.25, 0.3) is 0 Å². The number of rotatable bonds is 5. The van der Waals surface area contributed by atoms with E-state index >= 15 is 0 Å². The van der Waals surface area contributed by atoms with Crippen molar-refractivity contribution in [3.05, 3.63) is 33.8 Å². The third-order valence-corrected chi connectivity index (χ3v) is 4.34. The van der Waals surface area contributed by atoms with Crippen LogP contribution in [0.4, 0.5) is 0 Å². The monoisotopic (exact) mass is 316 g/mol. The first-order valence-corrected chi connectivity index (χ1v) is 7.48. The van der Waals surface area contributed by atoms with Crippen LogP contribution in [0.25, 0.3) is 0 Å². The molecule has 0 bridgehead atoms. The minimum Gasteiger partial charge on any atom is -0.381 e. The smallest absolute Gasteiger partial charge is 0.188 e. The van der Waals surface area contributed by atoms with Crippen molar-refractivity contribution < 1.29 is 14.3 Å². The number of hydrogen-bond donors (Lipinski definition) is 0. The summed E-state index contributed by atoms with van der Waals surface area (Å²) in [5, 5.41) is 0.828. The van der Waals surface area contributed by atoms with Crippen molar-refractivity contribution in [2.45, 2.75) is 37.9 Å². The lowest BCUT2D eigenvalue weighted by atomic mass is 9.95. The molecule has 1 fully saturated rings. The summed E-state index contributed by atoms with van der Waals surface area (Å²) in [5.74, 6) is -0.0805.